The van der Waals surface area contributed by atoms with E-state index < -0.39 is 36.5 Å². The highest BCUT2D eigenvalue weighted by atomic mass is 32.2. The Hall–Kier alpha value is -2.68. The number of methoxy groups -OCH3 is 1. The van der Waals surface area contributed by atoms with Crippen LogP contribution in [0.2, 0.25) is 0 Å². The minimum Gasteiger partial charge on any atom is -0.479 e. The van der Waals surface area contributed by atoms with Crippen LogP contribution in [0.25, 0.3) is 0 Å². The van der Waals surface area contributed by atoms with Crippen LogP contribution in [-0.4, -0.2) is 77.9 Å². The highest BCUT2D eigenvalue weighted by Gasteiger charge is 2.41. The number of carbonyl (C=O) groups is 3. The molecule has 2 amide bonds. The first-order valence-electron chi connectivity index (χ1n) is 12.3. The molecule has 212 valence electrons. The number of aliphatic hydroxyl groups excluding tert-OH is 2. The fourth-order valence-electron chi connectivity index (χ4n) is 3.65. The molecule has 12 nitrogen and oxygen atoms in total. The van der Waals surface area contributed by atoms with Crippen LogP contribution in [0.5, 0.6) is 5.75 Å². The second-order valence-electron chi connectivity index (χ2n) is 8.64. The number of hydrogen-bond donors (Lipinski definition) is 6. The quantitative estimate of drug-likeness (QED) is 0.121. The number of anilines is 1. The topological polar surface area (TPSA) is 176 Å². The van der Waals surface area contributed by atoms with Crippen molar-refractivity contribution in [1.82, 2.24) is 10.0 Å². The second kappa shape index (κ2) is 17.0. The van der Waals surface area contributed by atoms with Gasteiger partial charge in [-0.15, -0.1) is 0 Å². The lowest BCUT2D eigenvalue weighted by Gasteiger charge is -2.35. The number of unbranched alkanes of at least 4 members (excludes halogenated alkanes) is 2. The SMILES string of the molecule is C=CSNCCCCCC(=O)NCCC(=O)Nc1cc(COC)ccc1OC1OC(C(=O)O)CC(O)[C@H]1O. The van der Waals surface area contributed by atoms with E-state index in [1.807, 2.05) is 0 Å². The smallest absolute Gasteiger partial charge is 0.333 e. The first-order chi connectivity index (χ1) is 18.2. The second-order valence-corrected chi connectivity index (χ2v) is 9.50. The van der Waals surface area contributed by atoms with Crippen LogP contribution >= 0.6 is 11.9 Å². The average molecular weight is 556 g/mol. The highest BCUT2D eigenvalue weighted by Crippen LogP contribution is 2.31. The molecule has 2 rings (SSSR count). The molecule has 0 saturated carbocycles. The standard InChI is InChI=1S/C25H37N3O9S/c1-3-38-27-11-6-4-5-7-21(30)26-12-10-22(31)28-17-13-16(15-35-2)8-9-19(17)36-25-23(32)18(29)14-20(37-25)24(33)34/h3,8-9,13,18,20,23,25,27,29,32H,1,4-7,10-12,14-15H2,2H3,(H,26,30)(H,28,31)(H,33,34)/t18?,20?,23-,25?/m1/s1. The summed E-state index contributed by atoms with van der Waals surface area (Å²) in [6.45, 7) is 4.84. The summed E-state index contributed by atoms with van der Waals surface area (Å²) in [5.74, 6) is -1.72. The number of aliphatic carboxylic acids is 1. The highest BCUT2D eigenvalue weighted by molar-refractivity contribution is 8.00. The minimum absolute atomic E-state index is 0.00470. The van der Waals surface area contributed by atoms with E-state index in [9.17, 15) is 29.7 Å². The Morgan fingerprint density at radius 1 is 1.16 bits per heavy atom. The van der Waals surface area contributed by atoms with Gasteiger partial charge in [0.05, 0.1) is 18.4 Å². The van der Waals surface area contributed by atoms with E-state index in [4.69, 9.17) is 14.2 Å². The number of benzene rings is 1. The Labute approximate surface area is 226 Å². The summed E-state index contributed by atoms with van der Waals surface area (Å²) < 4.78 is 19.2. The molecule has 0 aliphatic carbocycles. The number of amides is 2. The maximum absolute atomic E-state index is 12.6. The average Bonchev–Trinajstić information content (AvgIpc) is 2.87. The molecule has 1 aliphatic rings. The van der Waals surface area contributed by atoms with Gasteiger partial charge in [-0.25, -0.2) is 4.79 Å². The minimum atomic E-state index is -1.50. The molecule has 13 heteroatoms. The third-order valence-corrected chi connectivity index (χ3v) is 6.14. The van der Waals surface area contributed by atoms with Crippen molar-refractivity contribution >= 4 is 35.4 Å². The summed E-state index contributed by atoms with van der Waals surface area (Å²) in [5.41, 5.74) is 0.956. The Bertz CT molecular complexity index is 933. The first kappa shape index (κ1) is 31.5. The van der Waals surface area contributed by atoms with Crippen LogP contribution in [0.3, 0.4) is 0 Å². The molecule has 0 spiro atoms. The summed E-state index contributed by atoms with van der Waals surface area (Å²) in [7, 11) is 1.52. The lowest BCUT2D eigenvalue weighted by Crippen LogP contribution is -2.52. The van der Waals surface area contributed by atoms with E-state index in [-0.39, 0.29) is 43.3 Å². The van der Waals surface area contributed by atoms with Gasteiger partial charge in [0.25, 0.3) is 0 Å². The van der Waals surface area contributed by atoms with Crippen molar-refractivity contribution in [1.29, 1.82) is 0 Å². The molecule has 0 radical (unpaired) electrons. The Morgan fingerprint density at radius 3 is 2.66 bits per heavy atom. The monoisotopic (exact) mass is 555 g/mol. The Balaban J connectivity index is 1.89. The number of ether oxygens (including phenoxy) is 3. The van der Waals surface area contributed by atoms with Gasteiger partial charge in [-0.1, -0.05) is 31.0 Å². The molecule has 1 heterocycles. The molecule has 0 bridgehead atoms. The number of carboxylic acids is 1. The summed E-state index contributed by atoms with van der Waals surface area (Å²) in [4.78, 5) is 35.9. The predicted octanol–water partition coefficient (Wildman–Crippen LogP) is 1.52. The third kappa shape index (κ3) is 11.0. The molecule has 1 aromatic rings. The van der Waals surface area contributed by atoms with E-state index >= 15 is 0 Å². The van der Waals surface area contributed by atoms with Crippen LogP contribution in [-0.2, 0) is 30.5 Å². The molecule has 1 saturated heterocycles. The van der Waals surface area contributed by atoms with Gasteiger partial charge >= 0.3 is 5.97 Å². The van der Waals surface area contributed by atoms with Gasteiger partial charge in [0, 0.05) is 39.5 Å². The molecule has 1 aliphatic heterocycles. The third-order valence-electron chi connectivity index (χ3n) is 5.60. The Morgan fingerprint density at radius 2 is 1.95 bits per heavy atom. The van der Waals surface area contributed by atoms with Crippen LogP contribution in [0, 0.1) is 0 Å². The summed E-state index contributed by atoms with van der Waals surface area (Å²) in [5, 5.41) is 36.7. The normalized spacial score (nSPS) is 20.9. The van der Waals surface area contributed by atoms with Crippen molar-refractivity contribution in [3.8, 4) is 5.75 Å². The van der Waals surface area contributed by atoms with Crippen molar-refractivity contribution in [3.63, 3.8) is 0 Å². The van der Waals surface area contributed by atoms with E-state index in [1.54, 1.807) is 17.5 Å². The van der Waals surface area contributed by atoms with Crippen molar-refractivity contribution in [2.45, 2.75) is 69.7 Å². The van der Waals surface area contributed by atoms with Crippen molar-refractivity contribution in [2.75, 3.05) is 25.5 Å². The van der Waals surface area contributed by atoms with Crippen molar-refractivity contribution in [2.24, 2.45) is 0 Å². The lowest BCUT2D eigenvalue weighted by atomic mass is 10.0. The fourth-order valence-corrected chi connectivity index (χ4v) is 4.03. The molecule has 1 aromatic carbocycles. The van der Waals surface area contributed by atoms with Crippen molar-refractivity contribution < 1.29 is 43.9 Å². The number of hydrogen-bond acceptors (Lipinski definition) is 10. The zero-order valence-electron chi connectivity index (χ0n) is 21.4. The van der Waals surface area contributed by atoms with Gasteiger partial charge in [-0.2, -0.15) is 0 Å². The van der Waals surface area contributed by atoms with Gasteiger partial charge in [0.1, 0.15) is 11.9 Å². The van der Waals surface area contributed by atoms with Crippen LogP contribution < -0.4 is 20.1 Å². The summed E-state index contributed by atoms with van der Waals surface area (Å²) >= 11 is 1.43. The molecule has 4 atom stereocenters. The van der Waals surface area contributed by atoms with Gasteiger partial charge < -0.3 is 40.2 Å². The largest absolute Gasteiger partial charge is 0.479 e. The van der Waals surface area contributed by atoms with Gasteiger partial charge in [0.15, 0.2) is 6.10 Å². The van der Waals surface area contributed by atoms with Crippen molar-refractivity contribution in [3.05, 3.63) is 35.7 Å². The van der Waals surface area contributed by atoms with Crippen LogP contribution in [0.4, 0.5) is 5.69 Å². The molecule has 38 heavy (non-hydrogen) atoms. The van der Waals surface area contributed by atoms with E-state index in [1.165, 1.54) is 25.1 Å². The van der Waals surface area contributed by atoms with Gasteiger partial charge in [0.2, 0.25) is 18.1 Å². The fraction of sp³-hybridized carbons (Fsp3) is 0.560. The number of carboxylic acid groups (broad SMARTS) is 1. The van der Waals surface area contributed by atoms with E-state index in [0.29, 0.717) is 6.42 Å². The summed E-state index contributed by atoms with van der Waals surface area (Å²) in [6, 6.07) is 4.80. The molecule has 1 fully saturated rings. The molecule has 3 unspecified atom stereocenters. The number of rotatable bonds is 17. The van der Waals surface area contributed by atoms with Crippen LogP contribution in [0.1, 0.15) is 44.1 Å². The number of carbonyl (C=O) groups excluding carboxylic acids is 2. The van der Waals surface area contributed by atoms with Crippen LogP contribution in [0.15, 0.2) is 30.2 Å². The van der Waals surface area contributed by atoms with E-state index in [2.05, 4.69) is 21.9 Å². The zero-order chi connectivity index (χ0) is 27.9. The molecular formula is C25H37N3O9S. The number of nitrogens with one attached hydrogen (secondary N) is 3. The Kier molecular flexibility index (Phi) is 14.1. The maximum Gasteiger partial charge on any atom is 0.333 e. The van der Waals surface area contributed by atoms with E-state index in [0.717, 1.165) is 31.4 Å². The van der Waals surface area contributed by atoms with Gasteiger partial charge in [-0.05, 0) is 35.9 Å². The zero-order valence-corrected chi connectivity index (χ0v) is 22.2. The molecular weight excluding hydrogens is 518 g/mol. The molecule has 0 aromatic heterocycles. The first-order valence-corrected chi connectivity index (χ1v) is 13.2. The van der Waals surface area contributed by atoms with Gasteiger partial charge in [-0.3, -0.25) is 14.3 Å². The summed E-state index contributed by atoms with van der Waals surface area (Å²) in [6.07, 6.45) is -3.00. The predicted molar refractivity (Wildman–Crippen MR) is 141 cm³/mol. The lowest BCUT2D eigenvalue weighted by molar-refractivity contribution is -0.238. The molecule has 6 N–H and O–H groups in total. The number of aliphatic hydroxyl groups is 2. The maximum atomic E-state index is 12.6.